The molecule has 0 N–H and O–H groups in total. The first-order valence-electron chi connectivity index (χ1n) is 6.01. The first kappa shape index (κ1) is 11.0. The van der Waals surface area contributed by atoms with Crippen molar-refractivity contribution in [3.8, 4) is 5.75 Å². The van der Waals surface area contributed by atoms with E-state index in [1.165, 1.54) is 30.8 Å². The largest absolute Gasteiger partial charge is 0.494 e. The molecule has 0 radical (unpaired) electrons. The van der Waals surface area contributed by atoms with Crippen LogP contribution in [0, 0.1) is 0 Å². The summed E-state index contributed by atoms with van der Waals surface area (Å²) < 4.78 is 7.53. The quantitative estimate of drug-likeness (QED) is 0.815. The maximum Gasteiger partial charge on any atom is 0.144 e. The van der Waals surface area contributed by atoms with E-state index in [1.54, 1.807) is 7.11 Å². The van der Waals surface area contributed by atoms with E-state index in [0.717, 1.165) is 11.3 Å². The molecule has 1 aliphatic rings. The smallest absolute Gasteiger partial charge is 0.144 e. The van der Waals surface area contributed by atoms with Crippen LogP contribution in [-0.4, -0.2) is 22.2 Å². The SMILES string of the molecule is COc1cccn2c(C3CCCCS3)ncc12. The number of imidazole rings is 1. The Morgan fingerprint density at radius 1 is 1.47 bits per heavy atom. The summed E-state index contributed by atoms with van der Waals surface area (Å²) in [6.45, 7) is 0. The van der Waals surface area contributed by atoms with Crippen molar-refractivity contribution < 1.29 is 4.74 Å². The van der Waals surface area contributed by atoms with E-state index in [-0.39, 0.29) is 0 Å². The highest BCUT2D eigenvalue weighted by atomic mass is 32.2. The molecule has 1 fully saturated rings. The fraction of sp³-hybridized carbons (Fsp3) is 0.462. The lowest BCUT2D eigenvalue weighted by atomic mass is 10.2. The Labute approximate surface area is 105 Å². The van der Waals surface area contributed by atoms with E-state index in [2.05, 4.69) is 15.6 Å². The zero-order valence-electron chi connectivity index (χ0n) is 9.93. The predicted octanol–water partition coefficient (Wildman–Crippen LogP) is 3.30. The van der Waals surface area contributed by atoms with Gasteiger partial charge in [-0.25, -0.2) is 4.98 Å². The Morgan fingerprint density at radius 3 is 3.18 bits per heavy atom. The van der Waals surface area contributed by atoms with Crippen LogP contribution in [0.2, 0.25) is 0 Å². The predicted molar refractivity (Wildman–Crippen MR) is 70.8 cm³/mol. The molecule has 1 saturated heterocycles. The first-order valence-corrected chi connectivity index (χ1v) is 7.06. The number of thioether (sulfide) groups is 1. The lowest BCUT2D eigenvalue weighted by Crippen LogP contribution is -2.06. The fourth-order valence-electron chi connectivity index (χ4n) is 2.37. The summed E-state index contributed by atoms with van der Waals surface area (Å²) in [5.74, 6) is 3.32. The van der Waals surface area contributed by atoms with Crippen molar-refractivity contribution in [2.75, 3.05) is 12.9 Å². The van der Waals surface area contributed by atoms with Crippen molar-refractivity contribution in [2.24, 2.45) is 0 Å². The summed E-state index contributed by atoms with van der Waals surface area (Å²) in [5.41, 5.74) is 1.07. The third kappa shape index (κ3) is 1.90. The number of methoxy groups -OCH3 is 1. The van der Waals surface area contributed by atoms with E-state index in [0.29, 0.717) is 5.25 Å². The highest BCUT2D eigenvalue weighted by molar-refractivity contribution is 7.99. The molecule has 2 aromatic rings. The molecule has 3 rings (SSSR count). The van der Waals surface area contributed by atoms with Crippen molar-refractivity contribution in [3.63, 3.8) is 0 Å². The molecule has 0 amide bonds. The van der Waals surface area contributed by atoms with Crippen molar-refractivity contribution in [3.05, 3.63) is 30.4 Å². The minimum absolute atomic E-state index is 0.540. The number of aromatic nitrogens is 2. The van der Waals surface area contributed by atoms with Crippen molar-refractivity contribution in [1.29, 1.82) is 0 Å². The Morgan fingerprint density at radius 2 is 2.41 bits per heavy atom. The first-order chi connectivity index (χ1) is 8.40. The molecule has 1 atom stereocenters. The zero-order valence-corrected chi connectivity index (χ0v) is 10.7. The van der Waals surface area contributed by atoms with Gasteiger partial charge in [-0.15, -0.1) is 0 Å². The molecule has 2 aromatic heterocycles. The van der Waals surface area contributed by atoms with E-state index >= 15 is 0 Å². The third-order valence-electron chi connectivity index (χ3n) is 3.25. The summed E-state index contributed by atoms with van der Waals surface area (Å²) >= 11 is 2.03. The summed E-state index contributed by atoms with van der Waals surface area (Å²) in [6, 6.07) is 4.00. The third-order valence-corrected chi connectivity index (χ3v) is 4.62. The number of hydrogen-bond acceptors (Lipinski definition) is 3. The molecule has 1 aliphatic heterocycles. The Balaban J connectivity index is 2.05. The minimum atomic E-state index is 0.540. The maximum absolute atomic E-state index is 5.36. The molecular weight excluding hydrogens is 232 g/mol. The summed E-state index contributed by atoms with van der Waals surface area (Å²) in [4.78, 5) is 4.59. The summed E-state index contributed by atoms with van der Waals surface area (Å²) in [6.07, 6.45) is 7.89. The molecule has 3 nitrogen and oxygen atoms in total. The van der Waals surface area contributed by atoms with Gasteiger partial charge in [0.25, 0.3) is 0 Å². The average molecular weight is 248 g/mol. The molecule has 90 valence electrons. The van der Waals surface area contributed by atoms with Gasteiger partial charge in [-0.05, 0) is 30.7 Å². The van der Waals surface area contributed by atoms with Gasteiger partial charge in [0.2, 0.25) is 0 Å². The molecule has 17 heavy (non-hydrogen) atoms. The van der Waals surface area contributed by atoms with E-state index in [1.807, 2.05) is 30.1 Å². The number of nitrogens with zero attached hydrogens (tertiary/aromatic N) is 2. The topological polar surface area (TPSA) is 26.5 Å². The van der Waals surface area contributed by atoms with Gasteiger partial charge in [-0.2, -0.15) is 11.8 Å². The van der Waals surface area contributed by atoms with Crippen LogP contribution in [0.25, 0.3) is 5.52 Å². The summed E-state index contributed by atoms with van der Waals surface area (Å²) in [7, 11) is 1.71. The van der Waals surface area contributed by atoms with Crippen molar-refractivity contribution in [2.45, 2.75) is 24.5 Å². The van der Waals surface area contributed by atoms with Crippen LogP contribution in [0.5, 0.6) is 5.75 Å². The lowest BCUT2D eigenvalue weighted by Gasteiger charge is -2.20. The number of rotatable bonds is 2. The molecule has 4 heteroatoms. The van der Waals surface area contributed by atoms with E-state index < -0.39 is 0 Å². The van der Waals surface area contributed by atoms with Crippen molar-refractivity contribution in [1.82, 2.24) is 9.38 Å². The van der Waals surface area contributed by atoms with Gasteiger partial charge >= 0.3 is 0 Å². The average Bonchev–Trinajstić information content (AvgIpc) is 2.83. The lowest BCUT2D eigenvalue weighted by molar-refractivity contribution is 0.418. The standard InChI is InChI=1S/C13H16N2OS/c1-16-11-5-4-7-15-10(11)9-14-13(15)12-6-2-3-8-17-12/h4-5,7,9,12H,2-3,6,8H2,1H3. The number of ether oxygens (including phenoxy) is 1. The van der Waals surface area contributed by atoms with Crippen LogP contribution in [0.15, 0.2) is 24.5 Å². The monoisotopic (exact) mass is 248 g/mol. The van der Waals surface area contributed by atoms with Gasteiger partial charge in [0.15, 0.2) is 0 Å². The second kappa shape index (κ2) is 4.61. The van der Waals surface area contributed by atoms with Gasteiger partial charge in [-0.1, -0.05) is 6.42 Å². The van der Waals surface area contributed by atoms with Gasteiger partial charge in [0.1, 0.15) is 17.1 Å². The second-order valence-electron chi connectivity index (χ2n) is 4.30. The second-order valence-corrected chi connectivity index (χ2v) is 5.61. The fourth-order valence-corrected chi connectivity index (χ4v) is 3.68. The van der Waals surface area contributed by atoms with Crippen LogP contribution in [-0.2, 0) is 0 Å². The number of fused-ring (bicyclic) bond motifs is 1. The van der Waals surface area contributed by atoms with Crippen LogP contribution in [0.4, 0.5) is 0 Å². The number of pyridine rings is 1. The number of hydrogen-bond donors (Lipinski definition) is 0. The van der Waals surface area contributed by atoms with Crippen LogP contribution in [0.3, 0.4) is 0 Å². The molecule has 0 spiro atoms. The highest BCUT2D eigenvalue weighted by Gasteiger charge is 2.20. The van der Waals surface area contributed by atoms with Gasteiger partial charge in [-0.3, -0.25) is 4.40 Å². The van der Waals surface area contributed by atoms with Crippen LogP contribution >= 0.6 is 11.8 Å². The Kier molecular flexibility index (Phi) is 2.97. The molecule has 0 bridgehead atoms. The summed E-state index contributed by atoms with van der Waals surface area (Å²) in [5, 5.41) is 0.540. The zero-order chi connectivity index (χ0) is 11.7. The Hall–Kier alpha value is -1.16. The van der Waals surface area contributed by atoms with Gasteiger partial charge in [0, 0.05) is 6.20 Å². The van der Waals surface area contributed by atoms with Crippen molar-refractivity contribution >= 4 is 17.3 Å². The maximum atomic E-state index is 5.36. The van der Waals surface area contributed by atoms with E-state index in [9.17, 15) is 0 Å². The van der Waals surface area contributed by atoms with Gasteiger partial charge in [0.05, 0.1) is 18.6 Å². The molecule has 0 saturated carbocycles. The molecule has 1 unspecified atom stereocenters. The minimum Gasteiger partial charge on any atom is -0.494 e. The van der Waals surface area contributed by atoms with Crippen LogP contribution in [0.1, 0.15) is 30.3 Å². The van der Waals surface area contributed by atoms with E-state index in [4.69, 9.17) is 4.74 Å². The highest BCUT2D eigenvalue weighted by Crippen LogP contribution is 2.38. The molecule has 0 aliphatic carbocycles. The Bertz CT molecular complexity index is 517. The van der Waals surface area contributed by atoms with Gasteiger partial charge < -0.3 is 4.74 Å². The van der Waals surface area contributed by atoms with Crippen LogP contribution < -0.4 is 4.74 Å². The normalized spacial score (nSPS) is 20.6. The molecular formula is C13H16N2OS. The molecule has 3 heterocycles. The molecule has 0 aromatic carbocycles.